The Bertz CT molecular complexity index is 256. The van der Waals surface area contributed by atoms with Gasteiger partial charge < -0.3 is 21.5 Å². The maximum atomic E-state index is 10.5. The summed E-state index contributed by atoms with van der Waals surface area (Å²) in [5, 5.41) is 8.62. The Kier molecular flexibility index (Phi) is 8.13. The Hall–Kier alpha value is -1.30. The van der Waals surface area contributed by atoms with E-state index in [1.807, 2.05) is 18.7 Å². The number of carboxylic acid groups (broad SMARTS) is 1. The third-order valence-corrected chi connectivity index (χ3v) is 2.54. The van der Waals surface area contributed by atoms with Crippen LogP contribution in [0.25, 0.3) is 0 Å². The number of aliphatic carboxylic acids is 1. The van der Waals surface area contributed by atoms with Gasteiger partial charge in [0.05, 0.1) is 0 Å². The molecule has 0 radical (unpaired) electrons. The second-order valence-electron chi connectivity index (χ2n) is 3.85. The molecule has 0 aromatic heterocycles. The smallest absolute Gasteiger partial charge is 0.320 e. The lowest BCUT2D eigenvalue weighted by atomic mass is 10.1. The van der Waals surface area contributed by atoms with Gasteiger partial charge in [0, 0.05) is 19.6 Å². The normalized spacial score (nSPS) is 13.5. The van der Waals surface area contributed by atoms with Crippen LogP contribution < -0.4 is 11.5 Å². The molecule has 6 heteroatoms. The first-order valence-electron chi connectivity index (χ1n) is 6.06. The second kappa shape index (κ2) is 8.81. The van der Waals surface area contributed by atoms with Gasteiger partial charge in [0.2, 0.25) is 0 Å². The minimum Gasteiger partial charge on any atom is -0.480 e. The van der Waals surface area contributed by atoms with E-state index < -0.39 is 12.0 Å². The first kappa shape index (κ1) is 15.7. The lowest BCUT2D eigenvalue weighted by Gasteiger charge is -2.21. The van der Waals surface area contributed by atoms with Crippen molar-refractivity contribution >= 4 is 11.9 Å². The maximum absolute atomic E-state index is 10.5. The number of nitrogens with zero attached hydrogens (tertiary/aromatic N) is 2. The molecule has 0 aliphatic rings. The number of nitrogens with two attached hydrogens (primary N) is 2. The maximum Gasteiger partial charge on any atom is 0.320 e. The van der Waals surface area contributed by atoms with E-state index in [1.54, 1.807) is 0 Å². The van der Waals surface area contributed by atoms with Crippen LogP contribution in [0.2, 0.25) is 0 Å². The molecule has 0 bridgehead atoms. The van der Waals surface area contributed by atoms with Gasteiger partial charge >= 0.3 is 5.97 Å². The van der Waals surface area contributed by atoms with Gasteiger partial charge in [-0.3, -0.25) is 9.79 Å². The quantitative estimate of drug-likeness (QED) is 0.322. The molecule has 0 aromatic rings. The molecule has 5 N–H and O–H groups in total. The highest BCUT2D eigenvalue weighted by Gasteiger charge is 2.11. The van der Waals surface area contributed by atoms with Crippen molar-refractivity contribution in [2.24, 2.45) is 16.5 Å². The zero-order valence-electron chi connectivity index (χ0n) is 10.7. The fourth-order valence-electron chi connectivity index (χ4n) is 1.49. The number of rotatable bonds is 8. The monoisotopic (exact) mass is 244 g/mol. The van der Waals surface area contributed by atoms with E-state index in [2.05, 4.69) is 4.99 Å². The van der Waals surface area contributed by atoms with Gasteiger partial charge in [-0.25, -0.2) is 0 Å². The molecule has 0 amide bonds. The molecule has 0 saturated carbocycles. The van der Waals surface area contributed by atoms with Gasteiger partial charge in [-0.05, 0) is 33.1 Å². The van der Waals surface area contributed by atoms with Gasteiger partial charge in [0.15, 0.2) is 5.96 Å². The molecule has 100 valence electrons. The Morgan fingerprint density at radius 3 is 2.53 bits per heavy atom. The van der Waals surface area contributed by atoms with E-state index in [0.29, 0.717) is 18.9 Å². The minimum atomic E-state index is -0.940. The Morgan fingerprint density at radius 1 is 1.41 bits per heavy atom. The summed E-state index contributed by atoms with van der Waals surface area (Å²) in [6, 6.07) is -0.758. The van der Waals surface area contributed by atoms with Crippen LogP contribution in [-0.2, 0) is 4.79 Å². The van der Waals surface area contributed by atoms with Gasteiger partial charge in [-0.2, -0.15) is 0 Å². The topological polar surface area (TPSA) is 105 Å². The number of aliphatic imine (C=N–C) groups is 1. The summed E-state index contributed by atoms with van der Waals surface area (Å²) in [5.74, 6) is -0.387. The highest BCUT2D eigenvalue weighted by atomic mass is 16.4. The first-order chi connectivity index (χ1) is 8.02. The fraction of sp³-hybridized carbons (Fsp3) is 0.818. The Morgan fingerprint density at radius 2 is 2.06 bits per heavy atom. The van der Waals surface area contributed by atoms with E-state index in [0.717, 1.165) is 25.9 Å². The van der Waals surface area contributed by atoms with Crippen molar-refractivity contribution in [3.05, 3.63) is 0 Å². The lowest BCUT2D eigenvalue weighted by Crippen LogP contribution is -2.38. The van der Waals surface area contributed by atoms with Crippen LogP contribution >= 0.6 is 0 Å². The van der Waals surface area contributed by atoms with Gasteiger partial charge in [-0.1, -0.05) is 0 Å². The zero-order chi connectivity index (χ0) is 13.3. The lowest BCUT2D eigenvalue weighted by molar-refractivity contribution is -0.138. The highest BCUT2D eigenvalue weighted by Crippen LogP contribution is 2.01. The average molecular weight is 244 g/mol. The predicted molar refractivity (Wildman–Crippen MR) is 68.9 cm³/mol. The third kappa shape index (κ3) is 6.78. The molecule has 0 fully saturated rings. The molecule has 0 saturated heterocycles. The van der Waals surface area contributed by atoms with Crippen LogP contribution in [0.1, 0.15) is 33.1 Å². The summed E-state index contributed by atoms with van der Waals surface area (Å²) in [5.41, 5.74) is 11.2. The minimum absolute atomic E-state index is 0.498. The summed E-state index contributed by atoms with van der Waals surface area (Å²) in [7, 11) is 0. The van der Waals surface area contributed by atoms with E-state index >= 15 is 0 Å². The molecule has 0 aromatic carbocycles. The van der Waals surface area contributed by atoms with Gasteiger partial charge in [-0.15, -0.1) is 0 Å². The summed E-state index contributed by atoms with van der Waals surface area (Å²) in [4.78, 5) is 16.6. The van der Waals surface area contributed by atoms with Crippen LogP contribution in [0.3, 0.4) is 0 Å². The van der Waals surface area contributed by atoms with Crippen LogP contribution in [-0.4, -0.2) is 47.6 Å². The first-order valence-corrected chi connectivity index (χ1v) is 6.06. The number of carbonyl (C=O) groups is 1. The van der Waals surface area contributed by atoms with Crippen molar-refractivity contribution in [1.29, 1.82) is 0 Å². The SMILES string of the molecule is CCN=C(N)N(CC)CCCCC(N)C(=O)O. The molecule has 0 rings (SSSR count). The van der Waals surface area contributed by atoms with Crippen LogP contribution in [0.5, 0.6) is 0 Å². The standard InChI is InChI=1S/C11H24N4O2/c1-3-14-11(13)15(4-2)8-6-5-7-9(12)10(16)17/h9H,3-8,12H2,1-2H3,(H2,13,14)(H,16,17). The summed E-state index contributed by atoms with van der Waals surface area (Å²) < 4.78 is 0. The zero-order valence-corrected chi connectivity index (χ0v) is 10.7. The number of carboxylic acids is 1. The van der Waals surface area contributed by atoms with Crippen molar-refractivity contribution in [2.45, 2.75) is 39.2 Å². The molecular formula is C11H24N4O2. The number of hydrogen-bond acceptors (Lipinski definition) is 3. The largest absolute Gasteiger partial charge is 0.480 e. The van der Waals surface area contributed by atoms with Crippen LogP contribution in [0.4, 0.5) is 0 Å². The number of hydrogen-bond donors (Lipinski definition) is 3. The summed E-state index contributed by atoms with van der Waals surface area (Å²) in [6.45, 7) is 6.22. The van der Waals surface area contributed by atoms with E-state index in [9.17, 15) is 4.79 Å². The third-order valence-electron chi connectivity index (χ3n) is 2.54. The van der Waals surface area contributed by atoms with E-state index in [-0.39, 0.29) is 0 Å². The molecule has 0 spiro atoms. The van der Waals surface area contributed by atoms with Crippen molar-refractivity contribution in [3.8, 4) is 0 Å². The van der Waals surface area contributed by atoms with E-state index in [1.165, 1.54) is 0 Å². The number of guanidine groups is 1. The fourth-order valence-corrected chi connectivity index (χ4v) is 1.49. The Balaban J connectivity index is 3.85. The van der Waals surface area contributed by atoms with Crippen LogP contribution in [0.15, 0.2) is 4.99 Å². The second-order valence-corrected chi connectivity index (χ2v) is 3.85. The molecular weight excluding hydrogens is 220 g/mol. The molecule has 0 heterocycles. The molecule has 17 heavy (non-hydrogen) atoms. The van der Waals surface area contributed by atoms with Crippen molar-refractivity contribution in [2.75, 3.05) is 19.6 Å². The highest BCUT2D eigenvalue weighted by molar-refractivity contribution is 5.78. The van der Waals surface area contributed by atoms with Crippen molar-refractivity contribution in [3.63, 3.8) is 0 Å². The van der Waals surface area contributed by atoms with Crippen molar-refractivity contribution in [1.82, 2.24) is 4.90 Å². The summed E-state index contributed by atoms with van der Waals surface area (Å²) >= 11 is 0. The van der Waals surface area contributed by atoms with Gasteiger partial charge in [0.1, 0.15) is 6.04 Å². The van der Waals surface area contributed by atoms with Crippen LogP contribution in [0, 0.1) is 0 Å². The average Bonchev–Trinajstić information content (AvgIpc) is 2.28. The predicted octanol–water partition coefficient (Wildman–Crippen LogP) is 0.225. The van der Waals surface area contributed by atoms with Gasteiger partial charge in [0.25, 0.3) is 0 Å². The van der Waals surface area contributed by atoms with Crippen molar-refractivity contribution < 1.29 is 9.90 Å². The summed E-state index contributed by atoms with van der Waals surface area (Å²) in [6.07, 6.45) is 2.15. The molecule has 1 atom stereocenters. The molecule has 0 aliphatic heterocycles. The molecule has 0 aliphatic carbocycles. The number of unbranched alkanes of at least 4 members (excludes halogenated alkanes) is 1. The molecule has 6 nitrogen and oxygen atoms in total. The Labute approximate surface area is 103 Å². The molecule has 1 unspecified atom stereocenters. The van der Waals surface area contributed by atoms with E-state index in [4.69, 9.17) is 16.6 Å².